The summed E-state index contributed by atoms with van der Waals surface area (Å²) in [6.07, 6.45) is 3.59. The van der Waals surface area contributed by atoms with Gasteiger partial charge in [-0.1, -0.05) is 0 Å². The van der Waals surface area contributed by atoms with Gasteiger partial charge in [0.1, 0.15) is 24.4 Å². The zero-order valence-corrected chi connectivity index (χ0v) is 17.5. The first-order valence-corrected chi connectivity index (χ1v) is 10.1. The number of hydrogen-bond acceptors (Lipinski definition) is 7. The quantitative estimate of drug-likeness (QED) is 0.419. The predicted octanol–water partition coefficient (Wildman–Crippen LogP) is 2.81. The van der Waals surface area contributed by atoms with Gasteiger partial charge in [-0.2, -0.15) is 0 Å². The largest absolute Gasteiger partial charge is 0.497 e. The smallest absolute Gasteiger partial charge is 0.166 e. The molecule has 0 atom stereocenters. The SMILES string of the molecule is COCc1nnc2n1Cc1c(C#Cc3cnc(C)s3)ncn1-c1ccc(OC)cc1-2. The summed E-state index contributed by atoms with van der Waals surface area (Å²) in [6, 6.07) is 5.90. The molecule has 0 N–H and O–H groups in total. The number of hydrogen-bond donors (Lipinski definition) is 0. The molecular formula is C21H18N6O2S. The molecule has 0 amide bonds. The molecule has 1 aliphatic rings. The van der Waals surface area contributed by atoms with Gasteiger partial charge in [0.05, 0.1) is 41.1 Å². The average Bonchev–Trinajstić information content (AvgIpc) is 3.44. The molecule has 4 heterocycles. The first-order valence-electron chi connectivity index (χ1n) is 9.28. The van der Waals surface area contributed by atoms with Crippen molar-refractivity contribution in [2.24, 2.45) is 0 Å². The summed E-state index contributed by atoms with van der Waals surface area (Å²) in [5.41, 5.74) is 3.55. The lowest BCUT2D eigenvalue weighted by Gasteiger charge is -2.09. The highest BCUT2D eigenvalue weighted by Crippen LogP contribution is 2.34. The third-order valence-corrected chi connectivity index (χ3v) is 5.73. The van der Waals surface area contributed by atoms with Crippen LogP contribution in [0.5, 0.6) is 5.75 Å². The minimum atomic E-state index is 0.363. The molecule has 0 fully saturated rings. The van der Waals surface area contributed by atoms with Gasteiger partial charge in [-0.15, -0.1) is 21.5 Å². The van der Waals surface area contributed by atoms with Crippen molar-refractivity contribution < 1.29 is 9.47 Å². The first kappa shape index (κ1) is 18.5. The van der Waals surface area contributed by atoms with Crippen LogP contribution in [0.25, 0.3) is 17.1 Å². The summed E-state index contributed by atoms with van der Waals surface area (Å²) < 4.78 is 14.9. The minimum absolute atomic E-state index is 0.363. The second-order valence-corrected chi connectivity index (χ2v) is 7.98. The Morgan fingerprint density at radius 3 is 2.83 bits per heavy atom. The lowest BCUT2D eigenvalue weighted by Crippen LogP contribution is -2.09. The molecule has 1 aromatic carbocycles. The molecule has 3 aromatic heterocycles. The molecule has 1 aliphatic heterocycles. The molecule has 4 aromatic rings. The maximum absolute atomic E-state index is 5.44. The number of nitrogens with zero attached hydrogens (tertiary/aromatic N) is 6. The fourth-order valence-electron chi connectivity index (χ4n) is 3.49. The molecule has 5 rings (SSSR count). The van der Waals surface area contributed by atoms with Gasteiger partial charge in [0, 0.05) is 12.7 Å². The number of aryl methyl sites for hydroxylation is 1. The van der Waals surface area contributed by atoms with Gasteiger partial charge in [0.25, 0.3) is 0 Å². The van der Waals surface area contributed by atoms with E-state index in [4.69, 9.17) is 9.47 Å². The normalized spacial score (nSPS) is 11.7. The lowest BCUT2D eigenvalue weighted by atomic mass is 10.1. The van der Waals surface area contributed by atoms with Crippen molar-refractivity contribution in [2.45, 2.75) is 20.1 Å². The van der Waals surface area contributed by atoms with Crippen LogP contribution in [0.1, 0.15) is 27.1 Å². The molecule has 0 bridgehead atoms. The third-order valence-electron chi connectivity index (χ3n) is 4.90. The third kappa shape index (κ3) is 3.07. The predicted molar refractivity (Wildman–Crippen MR) is 112 cm³/mol. The second kappa shape index (κ2) is 7.40. The Labute approximate surface area is 177 Å². The van der Waals surface area contributed by atoms with Crippen LogP contribution in [-0.4, -0.2) is 43.5 Å². The number of benzene rings is 1. The molecule has 0 spiro atoms. The zero-order chi connectivity index (χ0) is 20.7. The van der Waals surface area contributed by atoms with Gasteiger partial charge in [0.2, 0.25) is 0 Å². The highest BCUT2D eigenvalue weighted by Gasteiger charge is 2.26. The Balaban J connectivity index is 1.69. The monoisotopic (exact) mass is 418 g/mol. The van der Waals surface area contributed by atoms with E-state index < -0.39 is 0 Å². The molecule has 150 valence electrons. The zero-order valence-electron chi connectivity index (χ0n) is 16.7. The van der Waals surface area contributed by atoms with E-state index in [0.717, 1.165) is 44.2 Å². The molecule has 0 saturated carbocycles. The van der Waals surface area contributed by atoms with Crippen molar-refractivity contribution in [1.82, 2.24) is 29.3 Å². The van der Waals surface area contributed by atoms with Gasteiger partial charge in [-0.3, -0.25) is 4.57 Å². The van der Waals surface area contributed by atoms with Crippen LogP contribution in [-0.2, 0) is 17.9 Å². The van der Waals surface area contributed by atoms with E-state index in [9.17, 15) is 0 Å². The first-order chi connectivity index (χ1) is 14.7. The number of imidazole rings is 1. The number of thiazole rings is 1. The van der Waals surface area contributed by atoms with Crippen molar-refractivity contribution in [2.75, 3.05) is 14.2 Å². The molecule has 9 heteroatoms. The molecular weight excluding hydrogens is 400 g/mol. The van der Waals surface area contributed by atoms with Crippen molar-refractivity contribution >= 4 is 11.3 Å². The van der Waals surface area contributed by atoms with Gasteiger partial charge >= 0.3 is 0 Å². The highest BCUT2D eigenvalue weighted by molar-refractivity contribution is 7.12. The van der Waals surface area contributed by atoms with E-state index in [-0.39, 0.29) is 0 Å². The van der Waals surface area contributed by atoms with Gasteiger partial charge < -0.3 is 14.0 Å². The topological polar surface area (TPSA) is 79.9 Å². The van der Waals surface area contributed by atoms with Crippen LogP contribution < -0.4 is 4.74 Å². The van der Waals surface area contributed by atoms with E-state index in [1.165, 1.54) is 0 Å². The lowest BCUT2D eigenvalue weighted by molar-refractivity contribution is 0.174. The molecule has 0 aliphatic carbocycles. The number of methoxy groups -OCH3 is 2. The maximum atomic E-state index is 5.44. The number of rotatable bonds is 3. The van der Waals surface area contributed by atoms with E-state index in [2.05, 4.69) is 36.6 Å². The van der Waals surface area contributed by atoms with E-state index in [1.54, 1.807) is 38.1 Å². The molecule has 0 radical (unpaired) electrons. The van der Waals surface area contributed by atoms with Crippen LogP contribution in [0.2, 0.25) is 0 Å². The highest BCUT2D eigenvalue weighted by atomic mass is 32.1. The Morgan fingerprint density at radius 1 is 1.17 bits per heavy atom. The standard InChI is InChI=1S/C21H18N6O2S/c1-13-22-9-15(30-13)5-6-17-19-10-26-20(11-28-2)24-25-21(26)16-8-14(29-3)4-7-18(16)27(19)12-23-17/h4,7-9,12H,10-11H2,1-3H3. The van der Waals surface area contributed by atoms with Gasteiger partial charge in [-0.25, -0.2) is 9.97 Å². The number of ether oxygens (including phenoxy) is 2. The number of fused-ring (bicyclic) bond motifs is 5. The fraction of sp³-hybridized carbons (Fsp3) is 0.238. The Morgan fingerprint density at radius 2 is 2.07 bits per heavy atom. The van der Waals surface area contributed by atoms with Crippen molar-refractivity contribution in [3.8, 4) is 34.7 Å². The minimum Gasteiger partial charge on any atom is -0.497 e. The summed E-state index contributed by atoms with van der Waals surface area (Å²) in [5.74, 6) is 8.65. The van der Waals surface area contributed by atoms with Crippen molar-refractivity contribution in [3.05, 3.63) is 57.8 Å². The fourth-order valence-corrected chi connectivity index (χ4v) is 4.13. The number of aromatic nitrogens is 6. The Hall–Kier alpha value is -3.48. The van der Waals surface area contributed by atoms with Crippen LogP contribution in [0.15, 0.2) is 30.7 Å². The van der Waals surface area contributed by atoms with E-state index in [0.29, 0.717) is 18.8 Å². The molecule has 8 nitrogen and oxygen atoms in total. The van der Waals surface area contributed by atoms with Crippen LogP contribution in [0, 0.1) is 18.8 Å². The summed E-state index contributed by atoms with van der Waals surface area (Å²) >= 11 is 1.57. The summed E-state index contributed by atoms with van der Waals surface area (Å²) in [6.45, 7) is 2.86. The van der Waals surface area contributed by atoms with Gasteiger partial charge in [-0.05, 0) is 37.0 Å². The maximum Gasteiger partial charge on any atom is 0.166 e. The van der Waals surface area contributed by atoms with Gasteiger partial charge in [0.15, 0.2) is 11.6 Å². The van der Waals surface area contributed by atoms with Crippen LogP contribution in [0.4, 0.5) is 0 Å². The van der Waals surface area contributed by atoms with Crippen LogP contribution in [0.3, 0.4) is 0 Å². The van der Waals surface area contributed by atoms with E-state index >= 15 is 0 Å². The molecule has 30 heavy (non-hydrogen) atoms. The molecule has 0 unspecified atom stereocenters. The summed E-state index contributed by atoms with van der Waals surface area (Å²) in [7, 11) is 3.30. The van der Waals surface area contributed by atoms with Crippen molar-refractivity contribution in [1.29, 1.82) is 0 Å². The summed E-state index contributed by atoms with van der Waals surface area (Å²) in [5, 5.41) is 9.77. The Kier molecular flexibility index (Phi) is 4.58. The molecule has 0 saturated heterocycles. The second-order valence-electron chi connectivity index (χ2n) is 6.75. The van der Waals surface area contributed by atoms with Crippen molar-refractivity contribution in [3.63, 3.8) is 0 Å². The van der Waals surface area contributed by atoms with Crippen LogP contribution >= 0.6 is 11.3 Å². The van der Waals surface area contributed by atoms with E-state index in [1.807, 2.05) is 29.7 Å². The average molecular weight is 418 g/mol. The Bertz CT molecular complexity index is 1310. The summed E-state index contributed by atoms with van der Waals surface area (Å²) in [4.78, 5) is 9.77.